The standard InChI is InChI=1S/C13H8BrCl2N3/c14-8-4-9(7-17-6-8)19-11-3-1-2-10(16)13(11)18-12(19)5-15/h1-4,6-7H,5H2. The number of rotatable bonds is 2. The zero-order valence-corrected chi connectivity index (χ0v) is 12.7. The number of hydrogen-bond acceptors (Lipinski definition) is 2. The van der Waals surface area contributed by atoms with Crippen LogP contribution in [-0.2, 0) is 5.88 Å². The third-order valence-corrected chi connectivity index (χ3v) is 3.75. The smallest absolute Gasteiger partial charge is 0.129 e. The Balaban J connectivity index is 2.36. The number of nitrogens with zero attached hydrogens (tertiary/aromatic N) is 3. The molecule has 1 aromatic carbocycles. The van der Waals surface area contributed by atoms with Crippen molar-refractivity contribution in [3.8, 4) is 5.69 Å². The number of para-hydroxylation sites is 1. The van der Waals surface area contributed by atoms with Crippen molar-refractivity contribution in [2.75, 3.05) is 0 Å². The van der Waals surface area contributed by atoms with Gasteiger partial charge in [-0.2, -0.15) is 0 Å². The molecule has 0 fully saturated rings. The number of imidazole rings is 1. The minimum Gasteiger partial charge on any atom is -0.294 e. The minimum atomic E-state index is 0.303. The lowest BCUT2D eigenvalue weighted by atomic mass is 10.3. The van der Waals surface area contributed by atoms with Crippen LogP contribution < -0.4 is 0 Å². The summed E-state index contributed by atoms with van der Waals surface area (Å²) in [5, 5.41) is 0.616. The highest BCUT2D eigenvalue weighted by Gasteiger charge is 2.14. The van der Waals surface area contributed by atoms with Crippen molar-refractivity contribution in [3.05, 3.63) is 52.0 Å². The third kappa shape index (κ3) is 2.24. The van der Waals surface area contributed by atoms with Crippen molar-refractivity contribution in [3.63, 3.8) is 0 Å². The van der Waals surface area contributed by atoms with Crippen LogP contribution in [0.2, 0.25) is 5.02 Å². The zero-order valence-electron chi connectivity index (χ0n) is 9.65. The molecule has 0 radical (unpaired) electrons. The Hall–Kier alpha value is -1.10. The summed E-state index contributed by atoms with van der Waals surface area (Å²) < 4.78 is 2.86. The second-order valence-electron chi connectivity index (χ2n) is 3.97. The van der Waals surface area contributed by atoms with E-state index >= 15 is 0 Å². The van der Waals surface area contributed by atoms with Crippen LogP contribution in [0.25, 0.3) is 16.7 Å². The van der Waals surface area contributed by atoms with Crippen LogP contribution in [0.3, 0.4) is 0 Å². The topological polar surface area (TPSA) is 30.7 Å². The van der Waals surface area contributed by atoms with Gasteiger partial charge in [-0.05, 0) is 34.1 Å². The van der Waals surface area contributed by atoms with Crippen LogP contribution >= 0.6 is 39.1 Å². The van der Waals surface area contributed by atoms with Gasteiger partial charge >= 0.3 is 0 Å². The number of aromatic nitrogens is 3. The van der Waals surface area contributed by atoms with Gasteiger partial charge in [-0.25, -0.2) is 4.98 Å². The summed E-state index contributed by atoms with van der Waals surface area (Å²) in [5.74, 6) is 1.04. The van der Waals surface area contributed by atoms with Gasteiger partial charge in [0.1, 0.15) is 11.3 Å². The van der Waals surface area contributed by atoms with Crippen molar-refractivity contribution in [2.45, 2.75) is 5.88 Å². The molecular formula is C13H8BrCl2N3. The number of hydrogen-bond donors (Lipinski definition) is 0. The first-order chi connectivity index (χ1) is 9.20. The van der Waals surface area contributed by atoms with Gasteiger partial charge in [0.15, 0.2) is 0 Å². The first kappa shape index (κ1) is 12.9. The molecule has 0 N–H and O–H groups in total. The van der Waals surface area contributed by atoms with Gasteiger partial charge in [0, 0.05) is 10.7 Å². The van der Waals surface area contributed by atoms with E-state index in [4.69, 9.17) is 23.2 Å². The maximum atomic E-state index is 6.17. The lowest BCUT2D eigenvalue weighted by Crippen LogP contribution is -1.99. The Morgan fingerprint density at radius 2 is 2.11 bits per heavy atom. The van der Waals surface area contributed by atoms with Gasteiger partial charge in [0.2, 0.25) is 0 Å². The Morgan fingerprint density at radius 3 is 2.84 bits per heavy atom. The molecule has 0 aliphatic carbocycles. The first-order valence-electron chi connectivity index (χ1n) is 5.53. The second-order valence-corrected chi connectivity index (χ2v) is 5.56. The number of halogens is 3. The highest BCUT2D eigenvalue weighted by molar-refractivity contribution is 9.10. The lowest BCUT2D eigenvalue weighted by molar-refractivity contribution is 0.971. The molecule has 2 heterocycles. The summed E-state index contributed by atoms with van der Waals surface area (Å²) in [6, 6.07) is 7.64. The van der Waals surface area contributed by atoms with Crippen LogP contribution in [-0.4, -0.2) is 14.5 Å². The van der Waals surface area contributed by atoms with E-state index in [1.807, 2.05) is 28.8 Å². The molecule has 0 spiro atoms. The second kappa shape index (κ2) is 5.12. The van der Waals surface area contributed by atoms with Crippen molar-refractivity contribution in [1.82, 2.24) is 14.5 Å². The zero-order chi connectivity index (χ0) is 13.4. The van der Waals surface area contributed by atoms with E-state index in [0.29, 0.717) is 10.9 Å². The Morgan fingerprint density at radius 1 is 1.26 bits per heavy atom. The Kier molecular flexibility index (Phi) is 3.48. The van der Waals surface area contributed by atoms with Crippen molar-refractivity contribution < 1.29 is 0 Å². The number of pyridine rings is 1. The van der Waals surface area contributed by atoms with E-state index in [1.54, 1.807) is 12.4 Å². The van der Waals surface area contributed by atoms with Crippen LogP contribution in [0.5, 0.6) is 0 Å². The van der Waals surface area contributed by atoms with E-state index in [0.717, 1.165) is 27.0 Å². The number of alkyl halides is 1. The molecule has 96 valence electrons. The van der Waals surface area contributed by atoms with Gasteiger partial charge < -0.3 is 0 Å². The van der Waals surface area contributed by atoms with Gasteiger partial charge in [-0.3, -0.25) is 9.55 Å². The van der Waals surface area contributed by atoms with Crippen LogP contribution in [0, 0.1) is 0 Å². The molecule has 3 nitrogen and oxygen atoms in total. The van der Waals surface area contributed by atoms with Crippen molar-refractivity contribution >= 4 is 50.2 Å². The summed E-state index contributed by atoms with van der Waals surface area (Å²) >= 11 is 15.6. The molecule has 0 aliphatic heterocycles. The first-order valence-corrected chi connectivity index (χ1v) is 7.24. The maximum absolute atomic E-state index is 6.17. The molecule has 3 rings (SSSR count). The minimum absolute atomic E-state index is 0.303. The van der Waals surface area contributed by atoms with Crippen LogP contribution in [0.4, 0.5) is 0 Å². The predicted octanol–water partition coefficient (Wildman–Crippen LogP) is 4.58. The Bertz CT molecular complexity index is 755. The molecule has 2 aromatic heterocycles. The molecule has 3 aromatic rings. The largest absolute Gasteiger partial charge is 0.294 e. The van der Waals surface area contributed by atoms with Crippen molar-refractivity contribution in [1.29, 1.82) is 0 Å². The molecule has 0 unspecified atom stereocenters. The number of fused-ring (bicyclic) bond motifs is 1. The Labute approximate surface area is 128 Å². The van der Waals surface area contributed by atoms with Crippen LogP contribution in [0.15, 0.2) is 41.1 Å². The monoisotopic (exact) mass is 355 g/mol. The van der Waals surface area contributed by atoms with Gasteiger partial charge in [-0.1, -0.05) is 17.7 Å². The molecular weight excluding hydrogens is 349 g/mol. The average molecular weight is 357 g/mol. The SMILES string of the molecule is ClCc1nc2c(Cl)cccc2n1-c1cncc(Br)c1. The fraction of sp³-hybridized carbons (Fsp3) is 0.0769. The molecule has 0 saturated carbocycles. The van der Waals surface area contributed by atoms with E-state index in [-0.39, 0.29) is 0 Å². The molecule has 0 aliphatic rings. The van der Waals surface area contributed by atoms with E-state index < -0.39 is 0 Å². The summed E-state index contributed by atoms with van der Waals surface area (Å²) in [4.78, 5) is 8.67. The highest BCUT2D eigenvalue weighted by Crippen LogP contribution is 2.28. The molecule has 0 bridgehead atoms. The quantitative estimate of drug-likeness (QED) is 0.629. The number of benzene rings is 1. The normalized spacial score (nSPS) is 11.1. The fourth-order valence-corrected chi connectivity index (χ4v) is 2.76. The summed E-state index contributed by atoms with van der Waals surface area (Å²) in [7, 11) is 0. The third-order valence-electron chi connectivity index (χ3n) is 2.77. The summed E-state index contributed by atoms with van der Waals surface area (Å²) in [6.07, 6.45) is 3.50. The van der Waals surface area contributed by atoms with E-state index in [9.17, 15) is 0 Å². The van der Waals surface area contributed by atoms with Gasteiger partial charge in [0.25, 0.3) is 0 Å². The van der Waals surface area contributed by atoms with Gasteiger partial charge in [-0.15, -0.1) is 11.6 Å². The maximum Gasteiger partial charge on any atom is 0.129 e. The molecule has 6 heteroatoms. The van der Waals surface area contributed by atoms with Crippen molar-refractivity contribution in [2.24, 2.45) is 0 Å². The highest BCUT2D eigenvalue weighted by atomic mass is 79.9. The summed E-state index contributed by atoms with van der Waals surface area (Å²) in [5.41, 5.74) is 2.57. The van der Waals surface area contributed by atoms with Gasteiger partial charge in [0.05, 0.1) is 28.3 Å². The average Bonchev–Trinajstić information content (AvgIpc) is 2.78. The molecule has 0 atom stereocenters. The van der Waals surface area contributed by atoms with Crippen LogP contribution in [0.1, 0.15) is 5.82 Å². The molecule has 0 saturated heterocycles. The molecule has 19 heavy (non-hydrogen) atoms. The lowest BCUT2D eigenvalue weighted by Gasteiger charge is -2.07. The fourth-order valence-electron chi connectivity index (χ4n) is 2.01. The summed E-state index contributed by atoms with van der Waals surface area (Å²) in [6.45, 7) is 0. The predicted molar refractivity (Wildman–Crippen MR) is 81.1 cm³/mol. The van der Waals surface area contributed by atoms with E-state index in [1.165, 1.54) is 0 Å². The van der Waals surface area contributed by atoms with E-state index in [2.05, 4.69) is 25.9 Å². The molecule has 0 amide bonds.